The highest BCUT2D eigenvalue weighted by atomic mass is 16.3. The standard InChI is InChI=1S/C41H27N2O/c1-2-6-27(7-3-1)28-14-16-32(17-15-28)43(34-19-21-39-37(25-34)38-26-42-23-22-40(38)44-39)33-18-20-36-31(24-33)13-12-30-11-10-29-8-4-5-9-35(29)41(30)36/h1-25H,26H2/q-1. The lowest BCUT2D eigenvalue weighted by atomic mass is 9.96. The van der Waals surface area contributed by atoms with Gasteiger partial charge in [-0.05, 0) is 97.5 Å². The van der Waals surface area contributed by atoms with Crippen LogP contribution in [0.5, 0.6) is 0 Å². The molecule has 44 heavy (non-hydrogen) atoms. The Balaban J connectivity index is 1.24. The topological polar surface area (TPSA) is 30.5 Å². The summed E-state index contributed by atoms with van der Waals surface area (Å²) in [5.74, 6) is 0.899. The van der Waals surface area contributed by atoms with Crippen molar-refractivity contribution >= 4 is 66.4 Å². The minimum atomic E-state index is 0.630. The van der Waals surface area contributed by atoms with Crippen LogP contribution in [0.4, 0.5) is 17.1 Å². The van der Waals surface area contributed by atoms with E-state index in [1.54, 1.807) is 0 Å². The van der Waals surface area contributed by atoms with Crippen molar-refractivity contribution < 1.29 is 4.42 Å². The highest BCUT2D eigenvalue weighted by Crippen LogP contribution is 2.42. The predicted molar refractivity (Wildman–Crippen MR) is 185 cm³/mol. The fourth-order valence-corrected chi connectivity index (χ4v) is 6.70. The molecule has 0 fully saturated rings. The molecule has 208 valence electrons. The van der Waals surface area contributed by atoms with E-state index in [4.69, 9.17) is 4.42 Å². The molecule has 0 saturated heterocycles. The summed E-state index contributed by atoms with van der Waals surface area (Å²) >= 11 is 0. The Kier molecular flexibility index (Phi) is 5.57. The van der Waals surface area contributed by atoms with Gasteiger partial charge < -0.3 is 14.6 Å². The first-order valence-electron chi connectivity index (χ1n) is 15.0. The van der Waals surface area contributed by atoms with E-state index in [9.17, 15) is 0 Å². The van der Waals surface area contributed by atoms with Gasteiger partial charge in [-0.1, -0.05) is 97.1 Å². The van der Waals surface area contributed by atoms with Gasteiger partial charge in [-0.3, -0.25) is 0 Å². The highest BCUT2D eigenvalue weighted by Gasteiger charge is 2.18. The minimum absolute atomic E-state index is 0.630. The van der Waals surface area contributed by atoms with E-state index in [2.05, 4.69) is 150 Å². The molecule has 0 saturated carbocycles. The maximum absolute atomic E-state index is 6.17. The molecule has 0 N–H and O–H groups in total. The lowest BCUT2D eigenvalue weighted by Gasteiger charge is -2.26. The fourth-order valence-electron chi connectivity index (χ4n) is 6.70. The normalized spacial score (nSPS) is 12.5. The third-order valence-corrected chi connectivity index (χ3v) is 8.84. The highest BCUT2D eigenvalue weighted by molar-refractivity contribution is 6.20. The summed E-state index contributed by atoms with van der Waals surface area (Å²) in [6, 6.07) is 50.3. The van der Waals surface area contributed by atoms with Crippen molar-refractivity contribution in [2.24, 2.45) is 0 Å². The van der Waals surface area contributed by atoms with Crippen molar-refractivity contribution in [3.63, 3.8) is 0 Å². The lowest BCUT2D eigenvalue weighted by molar-refractivity contribution is 0.598. The fraction of sp³-hybridized carbons (Fsp3) is 0.0244. The molecule has 0 aliphatic carbocycles. The maximum Gasteiger partial charge on any atom is 0.135 e. The van der Waals surface area contributed by atoms with Crippen LogP contribution in [0.3, 0.4) is 0 Å². The molecular formula is C41H27N2O-. The number of hydrogen-bond acceptors (Lipinski definition) is 2. The largest absolute Gasteiger partial charge is 0.687 e. The Hall–Kier alpha value is -5.80. The first-order valence-corrected chi connectivity index (χ1v) is 15.0. The van der Waals surface area contributed by atoms with E-state index in [1.807, 2.05) is 12.3 Å². The average molecular weight is 564 g/mol. The van der Waals surface area contributed by atoms with Gasteiger partial charge in [-0.2, -0.15) is 6.20 Å². The third kappa shape index (κ3) is 3.98. The molecule has 0 spiro atoms. The van der Waals surface area contributed by atoms with Gasteiger partial charge in [0, 0.05) is 22.4 Å². The Morgan fingerprint density at radius 1 is 0.523 bits per heavy atom. The number of benzene rings is 7. The number of fused-ring (bicyclic) bond motifs is 8. The van der Waals surface area contributed by atoms with Crippen LogP contribution in [-0.4, -0.2) is 0 Å². The molecule has 8 aromatic rings. The van der Waals surface area contributed by atoms with Crippen LogP contribution >= 0.6 is 0 Å². The zero-order valence-corrected chi connectivity index (χ0v) is 23.9. The molecule has 1 aromatic heterocycles. The Morgan fingerprint density at radius 2 is 1.20 bits per heavy atom. The molecule has 0 amide bonds. The van der Waals surface area contributed by atoms with Crippen LogP contribution in [-0.2, 0) is 6.54 Å². The average Bonchev–Trinajstić information content (AvgIpc) is 3.47. The van der Waals surface area contributed by atoms with Crippen molar-refractivity contribution in [2.45, 2.75) is 6.54 Å². The second kappa shape index (κ2) is 9.89. The number of hydrogen-bond donors (Lipinski definition) is 0. The number of rotatable bonds is 4. The van der Waals surface area contributed by atoms with E-state index in [0.717, 1.165) is 39.4 Å². The first-order chi connectivity index (χ1) is 21.8. The van der Waals surface area contributed by atoms with Gasteiger partial charge in [0.05, 0.1) is 0 Å². The van der Waals surface area contributed by atoms with Gasteiger partial charge >= 0.3 is 0 Å². The van der Waals surface area contributed by atoms with Crippen molar-refractivity contribution in [2.75, 3.05) is 4.90 Å². The summed E-state index contributed by atoms with van der Waals surface area (Å²) in [7, 11) is 0. The predicted octanol–water partition coefficient (Wildman–Crippen LogP) is 11.9. The lowest BCUT2D eigenvalue weighted by Crippen LogP contribution is -2.10. The molecule has 2 heterocycles. The second-order valence-corrected chi connectivity index (χ2v) is 11.4. The summed E-state index contributed by atoms with van der Waals surface area (Å²) in [4.78, 5) is 2.34. The summed E-state index contributed by atoms with van der Waals surface area (Å²) in [5, 5.41) is 13.2. The van der Waals surface area contributed by atoms with Crippen molar-refractivity contribution in [3.8, 4) is 11.1 Å². The van der Waals surface area contributed by atoms with E-state index in [0.29, 0.717) is 6.54 Å². The molecule has 0 bridgehead atoms. The van der Waals surface area contributed by atoms with E-state index in [1.165, 1.54) is 43.4 Å². The molecule has 1 aliphatic heterocycles. The molecule has 0 atom stereocenters. The quantitative estimate of drug-likeness (QED) is 0.199. The van der Waals surface area contributed by atoms with Gasteiger partial charge in [-0.15, -0.1) is 6.54 Å². The van der Waals surface area contributed by atoms with Crippen LogP contribution in [0.25, 0.3) is 65.8 Å². The zero-order valence-electron chi connectivity index (χ0n) is 23.9. The van der Waals surface area contributed by atoms with Gasteiger partial charge in [0.15, 0.2) is 0 Å². The van der Waals surface area contributed by atoms with Crippen LogP contribution in [0.15, 0.2) is 150 Å². The van der Waals surface area contributed by atoms with Gasteiger partial charge in [0.25, 0.3) is 0 Å². The smallest absolute Gasteiger partial charge is 0.135 e. The van der Waals surface area contributed by atoms with E-state index < -0.39 is 0 Å². The third-order valence-electron chi connectivity index (χ3n) is 8.84. The van der Waals surface area contributed by atoms with Crippen LogP contribution < -0.4 is 4.90 Å². The molecule has 0 unspecified atom stereocenters. The SMILES string of the molecule is C1=Cc2oc3ccc(N(c4ccc(-c5ccccc5)cc4)c4ccc5c(ccc6ccc7ccccc7c65)c4)cc3c2C[N-]1. The number of nitrogens with zero attached hydrogens (tertiary/aromatic N) is 2. The van der Waals surface area contributed by atoms with Gasteiger partial charge in [-0.25, -0.2) is 0 Å². The number of anilines is 3. The Labute approximate surface area is 255 Å². The first kappa shape index (κ1) is 24.8. The Morgan fingerprint density at radius 3 is 2.09 bits per heavy atom. The molecular weight excluding hydrogens is 536 g/mol. The summed E-state index contributed by atoms with van der Waals surface area (Å²) in [6.45, 7) is 0.630. The van der Waals surface area contributed by atoms with Crippen LogP contribution in [0.1, 0.15) is 11.3 Å². The van der Waals surface area contributed by atoms with Crippen LogP contribution in [0.2, 0.25) is 0 Å². The summed E-state index contributed by atoms with van der Waals surface area (Å²) < 4.78 is 6.17. The zero-order chi connectivity index (χ0) is 29.0. The van der Waals surface area contributed by atoms with Crippen molar-refractivity contribution in [1.82, 2.24) is 0 Å². The molecule has 3 nitrogen and oxygen atoms in total. The molecule has 9 rings (SSSR count). The summed E-state index contributed by atoms with van der Waals surface area (Å²) in [5.41, 5.74) is 7.70. The monoisotopic (exact) mass is 563 g/mol. The van der Waals surface area contributed by atoms with Gasteiger partial charge in [0.2, 0.25) is 0 Å². The minimum Gasteiger partial charge on any atom is -0.687 e. The van der Waals surface area contributed by atoms with E-state index >= 15 is 0 Å². The second-order valence-electron chi connectivity index (χ2n) is 11.4. The molecule has 7 aromatic carbocycles. The van der Waals surface area contributed by atoms with Gasteiger partial charge in [0.1, 0.15) is 11.3 Å². The molecule has 0 radical (unpaired) electrons. The molecule has 1 aliphatic rings. The van der Waals surface area contributed by atoms with Crippen molar-refractivity contribution in [3.05, 3.63) is 162 Å². The van der Waals surface area contributed by atoms with E-state index in [-0.39, 0.29) is 0 Å². The summed E-state index contributed by atoms with van der Waals surface area (Å²) in [6.07, 6.45) is 3.78. The maximum atomic E-state index is 6.17. The van der Waals surface area contributed by atoms with Crippen LogP contribution in [0, 0.1) is 0 Å². The number of furan rings is 1. The Bertz CT molecular complexity index is 2380. The van der Waals surface area contributed by atoms with Crippen molar-refractivity contribution in [1.29, 1.82) is 0 Å². The molecule has 3 heteroatoms.